The van der Waals surface area contributed by atoms with Gasteiger partial charge in [0.2, 0.25) is 0 Å². The molecule has 0 heterocycles. The molecule has 0 aromatic heterocycles. The van der Waals surface area contributed by atoms with Gasteiger partial charge in [0.05, 0.1) is 0 Å². The minimum absolute atomic E-state index is 0.168. The van der Waals surface area contributed by atoms with Crippen LogP contribution in [-0.2, 0) is 15.6 Å². The Labute approximate surface area is 149 Å². The highest BCUT2D eigenvalue weighted by atomic mass is 16.4. The average Bonchev–Trinajstić information content (AvgIpc) is 2.57. The van der Waals surface area contributed by atoms with Crippen molar-refractivity contribution in [3.05, 3.63) is 59.2 Å². The van der Waals surface area contributed by atoms with Gasteiger partial charge in [0.1, 0.15) is 0 Å². The molecule has 0 amide bonds. The summed E-state index contributed by atoms with van der Waals surface area (Å²) >= 11 is 0. The number of aliphatic carboxylic acids is 1. The van der Waals surface area contributed by atoms with Crippen molar-refractivity contribution in [2.45, 2.75) is 51.4 Å². The molecule has 3 rings (SSSR count). The second kappa shape index (κ2) is 6.08. The molecule has 0 radical (unpaired) electrons. The monoisotopic (exact) mass is 332 g/mol. The number of carbonyl (C=O) groups is 1. The van der Waals surface area contributed by atoms with Crippen molar-refractivity contribution in [1.29, 1.82) is 0 Å². The molecule has 1 N–H and O–H groups in total. The molecular formula is C23H24O2. The van der Waals surface area contributed by atoms with E-state index in [1.807, 2.05) is 18.2 Å². The van der Waals surface area contributed by atoms with Gasteiger partial charge in [-0.3, -0.25) is 0 Å². The SMILES string of the molecule is CC1(C)CCC(C)(C)c2cc(-c3cccc(C#CC(=O)O)c3)ccc21. The Morgan fingerprint density at radius 2 is 1.56 bits per heavy atom. The zero-order valence-electron chi connectivity index (χ0n) is 15.3. The minimum atomic E-state index is -1.11. The summed E-state index contributed by atoms with van der Waals surface area (Å²) in [5.74, 6) is 3.77. The van der Waals surface area contributed by atoms with Gasteiger partial charge < -0.3 is 5.11 Å². The van der Waals surface area contributed by atoms with Crippen molar-refractivity contribution >= 4 is 5.97 Å². The van der Waals surface area contributed by atoms with Gasteiger partial charge in [0.15, 0.2) is 0 Å². The summed E-state index contributed by atoms with van der Waals surface area (Å²) in [4.78, 5) is 10.6. The fraction of sp³-hybridized carbons (Fsp3) is 0.348. The molecule has 0 aliphatic heterocycles. The fourth-order valence-corrected chi connectivity index (χ4v) is 3.67. The predicted molar refractivity (Wildman–Crippen MR) is 102 cm³/mol. The molecular weight excluding hydrogens is 308 g/mol. The van der Waals surface area contributed by atoms with Gasteiger partial charge in [0, 0.05) is 11.5 Å². The van der Waals surface area contributed by atoms with Gasteiger partial charge in [-0.1, -0.05) is 63.9 Å². The second-order valence-electron chi connectivity index (χ2n) is 8.16. The summed E-state index contributed by atoms with van der Waals surface area (Å²) in [6.07, 6.45) is 2.38. The number of hydrogen-bond acceptors (Lipinski definition) is 1. The molecule has 25 heavy (non-hydrogen) atoms. The maximum atomic E-state index is 10.6. The molecule has 2 aromatic rings. The number of carboxylic acids is 1. The Kier molecular flexibility index (Phi) is 4.21. The van der Waals surface area contributed by atoms with Crippen molar-refractivity contribution in [3.8, 4) is 23.0 Å². The Balaban J connectivity index is 2.08. The molecule has 128 valence electrons. The first-order valence-electron chi connectivity index (χ1n) is 8.69. The molecule has 0 unspecified atom stereocenters. The standard InChI is InChI=1S/C23H24O2/c1-22(2)12-13-23(3,4)20-15-18(9-10-19(20)22)17-7-5-6-16(14-17)8-11-21(24)25/h5-7,9-10,14-15H,12-13H2,1-4H3,(H,24,25). The zero-order valence-corrected chi connectivity index (χ0v) is 15.3. The minimum Gasteiger partial charge on any atom is -0.472 e. The van der Waals surface area contributed by atoms with Crippen LogP contribution in [0.25, 0.3) is 11.1 Å². The molecule has 0 saturated carbocycles. The van der Waals surface area contributed by atoms with E-state index in [2.05, 4.69) is 63.8 Å². The van der Waals surface area contributed by atoms with Gasteiger partial charge in [-0.25, -0.2) is 4.79 Å². The molecule has 0 atom stereocenters. The number of rotatable bonds is 1. The van der Waals surface area contributed by atoms with Gasteiger partial charge in [-0.15, -0.1) is 0 Å². The van der Waals surface area contributed by atoms with Crippen LogP contribution in [0.2, 0.25) is 0 Å². The summed E-state index contributed by atoms with van der Waals surface area (Å²) < 4.78 is 0. The summed E-state index contributed by atoms with van der Waals surface area (Å²) in [6.45, 7) is 9.28. The van der Waals surface area contributed by atoms with E-state index in [4.69, 9.17) is 5.11 Å². The summed E-state index contributed by atoms with van der Waals surface area (Å²) in [5, 5.41) is 8.73. The van der Waals surface area contributed by atoms with E-state index >= 15 is 0 Å². The molecule has 0 saturated heterocycles. The normalized spacial score (nSPS) is 17.1. The highest BCUT2D eigenvalue weighted by Gasteiger charge is 2.36. The van der Waals surface area contributed by atoms with E-state index in [1.54, 1.807) is 0 Å². The van der Waals surface area contributed by atoms with E-state index in [0.717, 1.165) is 16.7 Å². The van der Waals surface area contributed by atoms with Crippen LogP contribution < -0.4 is 0 Å². The first-order valence-corrected chi connectivity index (χ1v) is 8.69. The first-order chi connectivity index (χ1) is 11.7. The molecule has 1 aliphatic rings. The third kappa shape index (κ3) is 3.46. The molecule has 0 spiro atoms. The van der Waals surface area contributed by atoms with Crippen LogP contribution in [0.5, 0.6) is 0 Å². The van der Waals surface area contributed by atoms with Crippen LogP contribution in [0, 0.1) is 11.8 Å². The third-order valence-electron chi connectivity index (χ3n) is 5.36. The lowest BCUT2D eigenvalue weighted by atomic mass is 9.63. The van der Waals surface area contributed by atoms with Crippen LogP contribution in [0.1, 0.15) is 57.2 Å². The quantitative estimate of drug-likeness (QED) is 0.734. The average molecular weight is 332 g/mol. The van der Waals surface area contributed by atoms with Gasteiger partial charge in [0.25, 0.3) is 0 Å². The molecule has 2 aromatic carbocycles. The largest absolute Gasteiger partial charge is 0.472 e. The second-order valence-corrected chi connectivity index (χ2v) is 8.16. The smallest absolute Gasteiger partial charge is 0.382 e. The van der Waals surface area contributed by atoms with E-state index in [-0.39, 0.29) is 10.8 Å². The lowest BCUT2D eigenvalue weighted by Crippen LogP contribution is -2.33. The fourth-order valence-electron chi connectivity index (χ4n) is 3.67. The Morgan fingerprint density at radius 3 is 2.24 bits per heavy atom. The van der Waals surface area contributed by atoms with E-state index in [0.29, 0.717) is 0 Å². The summed E-state index contributed by atoms with van der Waals surface area (Å²) in [7, 11) is 0. The van der Waals surface area contributed by atoms with Gasteiger partial charge in [-0.05, 0) is 58.1 Å². The maximum absolute atomic E-state index is 10.6. The van der Waals surface area contributed by atoms with Gasteiger partial charge >= 0.3 is 5.97 Å². The van der Waals surface area contributed by atoms with Crippen LogP contribution in [-0.4, -0.2) is 11.1 Å². The number of hydrogen-bond donors (Lipinski definition) is 1. The van der Waals surface area contributed by atoms with Crippen molar-refractivity contribution in [3.63, 3.8) is 0 Å². The van der Waals surface area contributed by atoms with Crippen LogP contribution >= 0.6 is 0 Å². The maximum Gasteiger partial charge on any atom is 0.382 e. The predicted octanol–water partition coefficient (Wildman–Crippen LogP) is 5.14. The highest BCUT2D eigenvalue weighted by Crippen LogP contribution is 2.46. The van der Waals surface area contributed by atoms with Crippen molar-refractivity contribution in [1.82, 2.24) is 0 Å². The summed E-state index contributed by atoms with van der Waals surface area (Å²) in [5.41, 5.74) is 6.18. The highest BCUT2D eigenvalue weighted by molar-refractivity contribution is 5.87. The molecule has 2 heteroatoms. The van der Waals surface area contributed by atoms with E-state index in [9.17, 15) is 4.79 Å². The molecule has 1 aliphatic carbocycles. The lowest BCUT2D eigenvalue weighted by molar-refractivity contribution is -0.130. The number of carboxylic acid groups (broad SMARTS) is 1. The third-order valence-corrected chi connectivity index (χ3v) is 5.36. The topological polar surface area (TPSA) is 37.3 Å². The Morgan fingerprint density at radius 1 is 0.920 bits per heavy atom. The van der Waals surface area contributed by atoms with Gasteiger partial charge in [-0.2, -0.15) is 0 Å². The first kappa shape index (κ1) is 17.3. The van der Waals surface area contributed by atoms with E-state index in [1.165, 1.54) is 24.0 Å². The molecule has 2 nitrogen and oxygen atoms in total. The zero-order chi connectivity index (χ0) is 18.2. The van der Waals surface area contributed by atoms with E-state index < -0.39 is 5.97 Å². The van der Waals surface area contributed by atoms with Crippen LogP contribution in [0.15, 0.2) is 42.5 Å². The van der Waals surface area contributed by atoms with Crippen molar-refractivity contribution in [2.24, 2.45) is 0 Å². The Hall–Kier alpha value is -2.53. The van der Waals surface area contributed by atoms with Crippen molar-refractivity contribution in [2.75, 3.05) is 0 Å². The Bertz CT molecular complexity index is 892. The van der Waals surface area contributed by atoms with Crippen molar-refractivity contribution < 1.29 is 9.90 Å². The number of fused-ring (bicyclic) bond motifs is 1. The summed E-state index contributed by atoms with van der Waals surface area (Å²) in [6, 6.07) is 14.5. The molecule has 0 bridgehead atoms. The number of benzene rings is 2. The molecule has 0 fully saturated rings. The lowest BCUT2D eigenvalue weighted by Gasteiger charge is -2.42. The van der Waals surface area contributed by atoms with Crippen LogP contribution in [0.4, 0.5) is 0 Å². The van der Waals surface area contributed by atoms with Crippen LogP contribution in [0.3, 0.4) is 0 Å².